The molecule has 0 radical (unpaired) electrons. The van der Waals surface area contributed by atoms with Gasteiger partial charge >= 0.3 is 0 Å². The number of carbonyl (C=O) groups excluding carboxylic acids is 2. The second-order valence-corrected chi connectivity index (χ2v) is 6.72. The van der Waals surface area contributed by atoms with Gasteiger partial charge in [0.05, 0.1) is 4.92 Å². The average Bonchev–Trinajstić information content (AvgIpc) is 2.66. The van der Waals surface area contributed by atoms with Crippen LogP contribution in [0.2, 0.25) is 0 Å². The molecule has 0 spiro atoms. The van der Waals surface area contributed by atoms with Crippen LogP contribution in [-0.2, 0) is 0 Å². The molecule has 0 heterocycles. The maximum absolute atomic E-state index is 12.3. The molecule has 2 unspecified atom stereocenters. The Morgan fingerprint density at radius 1 is 0.926 bits per heavy atom. The third-order valence-corrected chi connectivity index (χ3v) is 4.35. The SMILES string of the molecule is CCC(C)CNNC(=O)c1cc(C(=O)NNCC(C)CC)cc([N+](=O)[O-])c1. The highest BCUT2D eigenvalue weighted by atomic mass is 16.6. The lowest BCUT2D eigenvalue weighted by Gasteiger charge is -2.13. The van der Waals surface area contributed by atoms with E-state index in [0.717, 1.165) is 25.0 Å². The first-order chi connectivity index (χ1) is 12.8. The highest BCUT2D eigenvalue weighted by Gasteiger charge is 2.18. The number of non-ortho nitro benzene ring substituents is 1. The number of nitro benzene ring substituents is 1. The summed E-state index contributed by atoms with van der Waals surface area (Å²) in [6.45, 7) is 9.28. The number of nitro groups is 1. The summed E-state index contributed by atoms with van der Waals surface area (Å²) in [6.07, 6.45) is 1.90. The molecule has 0 aromatic heterocycles. The van der Waals surface area contributed by atoms with Crippen molar-refractivity contribution in [3.05, 3.63) is 39.4 Å². The van der Waals surface area contributed by atoms with Crippen LogP contribution in [-0.4, -0.2) is 29.8 Å². The molecule has 9 heteroatoms. The molecule has 1 aromatic carbocycles. The van der Waals surface area contributed by atoms with E-state index in [-0.39, 0.29) is 16.8 Å². The van der Waals surface area contributed by atoms with Crippen LogP contribution in [0.3, 0.4) is 0 Å². The van der Waals surface area contributed by atoms with E-state index in [4.69, 9.17) is 0 Å². The zero-order chi connectivity index (χ0) is 20.4. The van der Waals surface area contributed by atoms with E-state index < -0.39 is 16.7 Å². The van der Waals surface area contributed by atoms with Crippen LogP contribution in [0.5, 0.6) is 0 Å². The molecule has 1 rings (SSSR count). The van der Waals surface area contributed by atoms with Crippen LogP contribution in [0.1, 0.15) is 61.3 Å². The van der Waals surface area contributed by atoms with E-state index in [9.17, 15) is 19.7 Å². The van der Waals surface area contributed by atoms with E-state index >= 15 is 0 Å². The molecule has 1 aromatic rings. The lowest BCUT2D eigenvalue weighted by molar-refractivity contribution is -0.384. The Morgan fingerprint density at radius 2 is 1.33 bits per heavy atom. The molecule has 0 saturated heterocycles. The molecule has 0 bridgehead atoms. The first-order valence-corrected chi connectivity index (χ1v) is 9.14. The summed E-state index contributed by atoms with van der Waals surface area (Å²) in [6, 6.07) is 3.61. The molecule has 9 nitrogen and oxygen atoms in total. The van der Waals surface area contributed by atoms with Crippen molar-refractivity contribution in [2.75, 3.05) is 13.1 Å². The van der Waals surface area contributed by atoms with Gasteiger partial charge in [-0.25, -0.2) is 10.9 Å². The molecule has 2 amide bonds. The lowest BCUT2D eigenvalue weighted by atomic mass is 10.1. The van der Waals surface area contributed by atoms with Gasteiger partial charge in [-0.1, -0.05) is 40.5 Å². The van der Waals surface area contributed by atoms with E-state index in [1.54, 1.807) is 0 Å². The number of amides is 2. The van der Waals surface area contributed by atoms with Gasteiger partial charge in [-0.15, -0.1) is 0 Å². The highest BCUT2D eigenvalue weighted by molar-refractivity contribution is 6.00. The average molecular weight is 379 g/mol. The first-order valence-electron chi connectivity index (χ1n) is 9.14. The number of carbonyl (C=O) groups is 2. The van der Waals surface area contributed by atoms with Crippen LogP contribution in [0.25, 0.3) is 0 Å². The summed E-state index contributed by atoms with van der Waals surface area (Å²) in [7, 11) is 0. The van der Waals surface area contributed by atoms with Crippen molar-refractivity contribution < 1.29 is 14.5 Å². The first kappa shape index (κ1) is 22.5. The summed E-state index contributed by atoms with van der Waals surface area (Å²) in [4.78, 5) is 35.0. The third kappa shape index (κ3) is 7.71. The molecule has 4 N–H and O–H groups in total. The number of rotatable bonds is 11. The zero-order valence-corrected chi connectivity index (χ0v) is 16.3. The van der Waals surface area contributed by atoms with Gasteiger partial charge in [0, 0.05) is 36.3 Å². The van der Waals surface area contributed by atoms with Gasteiger partial charge in [-0.05, 0) is 17.9 Å². The van der Waals surface area contributed by atoms with Gasteiger partial charge in [0.2, 0.25) is 0 Å². The van der Waals surface area contributed by atoms with Crippen LogP contribution in [0.4, 0.5) is 5.69 Å². The van der Waals surface area contributed by atoms with E-state index in [0.29, 0.717) is 24.9 Å². The molecular formula is C18H29N5O4. The molecule has 0 aliphatic carbocycles. The Balaban J connectivity index is 2.85. The Morgan fingerprint density at radius 3 is 1.67 bits per heavy atom. The number of benzene rings is 1. The summed E-state index contributed by atoms with van der Waals surface area (Å²) in [5.41, 5.74) is 10.4. The summed E-state index contributed by atoms with van der Waals surface area (Å²) >= 11 is 0. The Hall–Kier alpha value is -2.52. The number of nitrogens with zero attached hydrogens (tertiary/aromatic N) is 1. The summed E-state index contributed by atoms with van der Waals surface area (Å²) < 4.78 is 0. The van der Waals surface area contributed by atoms with Crippen molar-refractivity contribution in [3.8, 4) is 0 Å². The zero-order valence-electron chi connectivity index (χ0n) is 16.3. The molecule has 0 aliphatic heterocycles. The monoisotopic (exact) mass is 379 g/mol. The Bertz CT molecular complexity index is 619. The van der Waals surface area contributed by atoms with Crippen molar-refractivity contribution in [2.24, 2.45) is 11.8 Å². The van der Waals surface area contributed by atoms with Gasteiger partial charge in [-0.2, -0.15) is 0 Å². The minimum atomic E-state index is -0.632. The Labute approximate surface area is 159 Å². The van der Waals surface area contributed by atoms with Crippen molar-refractivity contribution in [1.29, 1.82) is 0 Å². The standard InChI is InChI=1S/C18H29N5O4/c1-5-12(3)10-19-21-17(24)14-7-15(9-16(8-14)23(26)27)18(25)22-20-11-13(4)6-2/h7-9,12-13,19-20H,5-6,10-11H2,1-4H3,(H,21,24)(H,22,25). The predicted octanol–water partition coefficient (Wildman–Crippen LogP) is 2.16. The van der Waals surface area contributed by atoms with Crippen LogP contribution in [0.15, 0.2) is 18.2 Å². The molecule has 0 fully saturated rings. The molecular weight excluding hydrogens is 350 g/mol. The summed E-state index contributed by atoms with van der Waals surface area (Å²) in [5.74, 6) is -0.339. The van der Waals surface area contributed by atoms with Crippen LogP contribution >= 0.6 is 0 Å². The maximum atomic E-state index is 12.3. The smallest absolute Gasteiger partial charge is 0.271 e. The van der Waals surface area contributed by atoms with Crippen molar-refractivity contribution >= 4 is 17.5 Å². The fraction of sp³-hybridized carbons (Fsp3) is 0.556. The second kappa shape index (κ2) is 11.2. The molecule has 0 aliphatic rings. The number of hydrogen-bond donors (Lipinski definition) is 4. The normalized spacial score (nSPS) is 12.9. The summed E-state index contributed by atoms with van der Waals surface area (Å²) in [5, 5.41) is 11.1. The topological polar surface area (TPSA) is 125 Å². The second-order valence-electron chi connectivity index (χ2n) is 6.72. The van der Waals surface area contributed by atoms with E-state index in [1.807, 2.05) is 27.7 Å². The number of hydrogen-bond acceptors (Lipinski definition) is 6. The van der Waals surface area contributed by atoms with Crippen LogP contribution < -0.4 is 21.7 Å². The predicted molar refractivity (Wildman–Crippen MR) is 103 cm³/mol. The fourth-order valence-corrected chi connectivity index (χ4v) is 2.02. The number of hydrazine groups is 2. The van der Waals surface area contributed by atoms with Crippen molar-refractivity contribution in [1.82, 2.24) is 21.7 Å². The van der Waals surface area contributed by atoms with Gasteiger partial charge in [0.1, 0.15) is 0 Å². The van der Waals surface area contributed by atoms with Crippen LogP contribution in [0, 0.1) is 22.0 Å². The van der Waals surface area contributed by atoms with Gasteiger partial charge in [-0.3, -0.25) is 30.6 Å². The molecule has 2 atom stereocenters. The maximum Gasteiger partial charge on any atom is 0.271 e. The minimum absolute atomic E-state index is 0.0351. The Kier molecular flexibility index (Phi) is 9.38. The van der Waals surface area contributed by atoms with Crippen molar-refractivity contribution in [2.45, 2.75) is 40.5 Å². The van der Waals surface area contributed by atoms with E-state index in [1.165, 1.54) is 6.07 Å². The fourth-order valence-electron chi connectivity index (χ4n) is 2.02. The van der Waals surface area contributed by atoms with Crippen molar-refractivity contribution in [3.63, 3.8) is 0 Å². The van der Waals surface area contributed by atoms with E-state index in [2.05, 4.69) is 21.7 Å². The van der Waals surface area contributed by atoms with Gasteiger partial charge in [0.25, 0.3) is 17.5 Å². The third-order valence-electron chi connectivity index (χ3n) is 4.35. The van der Waals surface area contributed by atoms with Gasteiger partial charge < -0.3 is 0 Å². The quantitative estimate of drug-likeness (QED) is 0.345. The molecule has 150 valence electrons. The molecule has 27 heavy (non-hydrogen) atoms. The lowest BCUT2D eigenvalue weighted by Crippen LogP contribution is -2.41. The number of nitrogens with one attached hydrogen (secondary N) is 4. The van der Waals surface area contributed by atoms with Gasteiger partial charge in [0.15, 0.2) is 0 Å². The minimum Gasteiger partial charge on any atom is -0.287 e. The highest BCUT2D eigenvalue weighted by Crippen LogP contribution is 2.17. The largest absolute Gasteiger partial charge is 0.287 e. The molecule has 0 saturated carbocycles.